The lowest BCUT2D eigenvalue weighted by Gasteiger charge is -2.28. The Hall–Kier alpha value is -2.28. The Morgan fingerprint density at radius 2 is 2.09 bits per heavy atom. The Labute approximate surface area is 138 Å². The summed E-state index contributed by atoms with van der Waals surface area (Å²) in [5.74, 6) is -0.280. The van der Waals surface area contributed by atoms with Crippen LogP contribution in [0.4, 0.5) is 10.8 Å². The van der Waals surface area contributed by atoms with E-state index >= 15 is 0 Å². The van der Waals surface area contributed by atoms with Crippen molar-refractivity contribution in [2.75, 3.05) is 10.2 Å². The molecular weight excluding hydrogens is 312 g/mol. The van der Waals surface area contributed by atoms with Crippen molar-refractivity contribution in [2.24, 2.45) is 0 Å². The van der Waals surface area contributed by atoms with Gasteiger partial charge in [0.15, 0.2) is 0 Å². The largest absolute Gasteiger partial charge is 0.300 e. The highest BCUT2D eigenvalue weighted by atomic mass is 32.1. The molecule has 7 heteroatoms. The number of hydrogen-bond acceptors (Lipinski definition) is 5. The van der Waals surface area contributed by atoms with Crippen molar-refractivity contribution in [3.05, 3.63) is 34.8 Å². The summed E-state index contributed by atoms with van der Waals surface area (Å²) in [4.78, 5) is 26.6. The molecule has 1 atom stereocenters. The maximum atomic E-state index is 12.5. The number of anilines is 2. The molecule has 1 aliphatic rings. The average molecular weight is 330 g/mol. The van der Waals surface area contributed by atoms with Crippen molar-refractivity contribution >= 4 is 34.0 Å². The molecular formula is C16H18N4O2S. The van der Waals surface area contributed by atoms with Gasteiger partial charge in [-0.25, -0.2) is 0 Å². The Morgan fingerprint density at radius 1 is 1.30 bits per heavy atom. The molecule has 1 aliphatic heterocycles. The second-order valence-electron chi connectivity index (χ2n) is 5.54. The molecule has 0 radical (unpaired) electrons. The van der Waals surface area contributed by atoms with Gasteiger partial charge in [0.2, 0.25) is 16.9 Å². The molecule has 2 aromatic rings. The van der Waals surface area contributed by atoms with E-state index in [1.54, 1.807) is 11.8 Å². The van der Waals surface area contributed by atoms with Gasteiger partial charge in [0.25, 0.3) is 0 Å². The molecule has 0 bridgehead atoms. The Kier molecular flexibility index (Phi) is 4.38. The van der Waals surface area contributed by atoms with Crippen LogP contribution in [0.15, 0.2) is 24.3 Å². The van der Waals surface area contributed by atoms with Crippen molar-refractivity contribution in [3.63, 3.8) is 0 Å². The first-order chi connectivity index (χ1) is 11.1. The average Bonchev–Trinajstić information content (AvgIpc) is 2.85. The van der Waals surface area contributed by atoms with E-state index < -0.39 is 6.04 Å². The number of amides is 2. The molecule has 0 unspecified atom stereocenters. The molecule has 6 nitrogen and oxygen atoms in total. The fraction of sp³-hybridized carbons (Fsp3) is 0.375. The monoisotopic (exact) mass is 330 g/mol. The molecule has 1 aromatic heterocycles. The second-order valence-corrected chi connectivity index (χ2v) is 6.72. The Morgan fingerprint density at radius 3 is 2.83 bits per heavy atom. The molecule has 2 heterocycles. The minimum absolute atomic E-state index is 0.0222. The van der Waals surface area contributed by atoms with Gasteiger partial charge in [-0.05, 0) is 38.3 Å². The number of nitrogens with zero attached hydrogens (tertiary/aromatic N) is 3. The maximum Gasteiger partial charge on any atom is 0.249 e. The molecule has 1 aromatic carbocycles. The molecule has 0 spiro atoms. The number of rotatable bonds is 3. The van der Waals surface area contributed by atoms with E-state index in [-0.39, 0.29) is 11.8 Å². The fourth-order valence-electron chi connectivity index (χ4n) is 2.74. The van der Waals surface area contributed by atoms with Crippen LogP contribution in [0.1, 0.15) is 30.3 Å². The molecule has 2 amide bonds. The maximum absolute atomic E-state index is 12.5. The zero-order chi connectivity index (χ0) is 16.4. The zero-order valence-corrected chi connectivity index (χ0v) is 13.9. The van der Waals surface area contributed by atoms with Crippen LogP contribution in [0, 0.1) is 6.92 Å². The van der Waals surface area contributed by atoms with Crippen molar-refractivity contribution in [1.29, 1.82) is 0 Å². The quantitative estimate of drug-likeness (QED) is 0.938. The van der Waals surface area contributed by atoms with Crippen LogP contribution >= 0.6 is 11.3 Å². The SMILES string of the molecule is Cc1nnc(NC(=O)[C@H](C)N2C(=O)CCCc3ccccc32)s1. The minimum atomic E-state index is -0.606. The summed E-state index contributed by atoms with van der Waals surface area (Å²) in [6.45, 7) is 3.56. The normalized spacial score (nSPS) is 15.7. The van der Waals surface area contributed by atoms with Crippen LogP contribution in [0.5, 0.6) is 0 Å². The van der Waals surface area contributed by atoms with Crippen LogP contribution < -0.4 is 10.2 Å². The first kappa shape index (κ1) is 15.6. The van der Waals surface area contributed by atoms with Crippen molar-refractivity contribution in [2.45, 2.75) is 39.2 Å². The van der Waals surface area contributed by atoms with Crippen LogP contribution in [0.3, 0.4) is 0 Å². The molecule has 0 saturated carbocycles. The number of hydrogen-bond donors (Lipinski definition) is 1. The summed E-state index contributed by atoms with van der Waals surface area (Å²) in [6.07, 6.45) is 2.10. The van der Waals surface area contributed by atoms with Gasteiger partial charge in [-0.1, -0.05) is 29.5 Å². The van der Waals surface area contributed by atoms with Crippen molar-refractivity contribution in [1.82, 2.24) is 10.2 Å². The second kappa shape index (κ2) is 6.45. The third kappa shape index (κ3) is 3.24. The van der Waals surface area contributed by atoms with Gasteiger partial charge in [-0.15, -0.1) is 10.2 Å². The van der Waals surface area contributed by atoms with E-state index in [2.05, 4.69) is 15.5 Å². The Bertz CT molecular complexity index is 743. The van der Waals surface area contributed by atoms with E-state index in [0.29, 0.717) is 11.6 Å². The fourth-order valence-corrected chi connectivity index (χ4v) is 3.34. The Balaban J connectivity index is 1.86. The van der Waals surface area contributed by atoms with Gasteiger partial charge in [0.1, 0.15) is 11.0 Å². The predicted octanol–water partition coefficient (Wildman–Crippen LogP) is 2.54. The third-order valence-corrected chi connectivity index (χ3v) is 4.63. The summed E-state index contributed by atoms with van der Waals surface area (Å²) < 4.78 is 0. The van der Waals surface area contributed by atoms with Gasteiger partial charge in [-0.3, -0.25) is 19.8 Å². The summed E-state index contributed by atoms with van der Waals surface area (Å²) in [5, 5.41) is 11.8. The number of carbonyl (C=O) groups excluding carboxylic acids is 2. The van der Waals surface area contributed by atoms with Crippen LogP contribution in [-0.4, -0.2) is 28.1 Å². The molecule has 0 fully saturated rings. The van der Waals surface area contributed by atoms with Gasteiger partial charge in [-0.2, -0.15) is 0 Å². The lowest BCUT2D eigenvalue weighted by Crippen LogP contribution is -2.45. The lowest BCUT2D eigenvalue weighted by molar-refractivity contribution is -0.123. The molecule has 120 valence electrons. The minimum Gasteiger partial charge on any atom is -0.300 e. The summed E-state index contributed by atoms with van der Waals surface area (Å²) in [6, 6.07) is 7.16. The molecule has 0 aliphatic carbocycles. The number of fused-ring (bicyclic) bond motifs is 1. The topological polar surface area (TPSA) is 75.2 Å². The third-order valence-electron chi connectivity index (χ3n) is 3.88. The predicted molar refractivity (Wildman–Crippen MR) is 89.6 cm³/mol. The van der Waals surface area contributed by atoms with E-state index in [0.717, 1.165) is 29.1 Å². The standard InChI is InChI=1S/C16H18N4O2S/c1-10(15(22)17-16-19-18-11(2)23-16)20-13-8-4-3-6-12(13)7-5-9-14(20)21/h3-4,6,8,10H,5,7,9H2,1-2H3,(H,17,19,22)/t10-/m0/s1. The highest BCUT2D eigenvalue weighted by Crippen LogP contribution is 2.29. The summed E-state index contributed by atoms with van der Waals surface area (Å²) in [7, 11) is 0. The van der Waals surface area contributed by atoms with E-state index in [4.69, 9.17) is 0 Å². The smallest absolute Gasteiger partial charge is 0.249 e. The van der Waals surface area contributed by atoms with Gasteiger partial charge in [0, 0.05) is 12.1 Å². The number of benzene rings is 1. The van der Waals surface area contributed by atoms with Gasteiger partial charge < -0.3 is 0 Å². The first-order valence-electron chi connectivity index (χ1n) is 7.57. The molecule has 3 rings (SSSR count). The van der Waals surface area contributed by atoms with Crippen molar-refractivity contribution in [3.8, 4) is 0 Å². The summed E-state index contributed by atoms with van der Waals surface area (Å²) >= 11 is 1.31. The summed E-state index contributed by atoms with van der Waals surface area (Å²) in [5.41, 5.74) is 1.93. The van der Waals surface area contributed by atoms with Crippen molar-refractivity contribution < 1.29 is 9.59 Å². The number of carbonyl (C=O) groups is 2. The number of aryl methyl sites for hydroxylation is 2. The zero-order valence-electron chi connectivity index (χ0n) is 13.1. The number of nitrogens with one attached hydrogen (secondary N) is 1. The van der Waals surface area contributed by atoms with E-state index in [1.807, 2.05) is 31.2 Å². The molecule has 23 heavy (non-hydrogen) atoms. The van der Waals surface area contributed by atoms with E-state index in [9.17, 15) is 9.59 Å². The lowest BCUT2D eigenvalue weighted by atomic mass is 10.1. The van der Waals surface area contributed by atoms with Gasteiger partial charge >= 0.3 is 0 Å². The highest BCUT2D eigenvalue weighted by Gasteiger charge is 2.30. The molecule has 1 N–H and O–H groups in total. The number of aromatic nitrogens is 2. The van der Waals surface area contributed by atoms with E-state index in [1.165, 1.54) is 11.3 Å². The van der Waals surface area contributed by atoms with Crippen LogP contribution in [0.25, 0.3) is 0 Å². The number of para-hydroxylation sites is 1. The van der Waals surface area contributed by atoms with Crippen LogP contribution in [-0.2, 0) is 16.0 Å². The first-order valence-corrected chi connectivity index (χ1v) is 8.39. The highest BCUT2D eigenvalue weighted by molar-refractivity contribution is 7.15. The van der Waals surface area contributed by atoms with Gasteiger partial charge in [0.05, 0.1) is 0 Å². The molecule has 0 saturated heterocycles. The van der Waals surface area contributed by atoms with Crippen LogP contribution in [0.2, 0.25) is 0 Å².